The number of nitrogens with two attached hydrogens (primary N) is 1. The molecule has 16 heteroatoms. The molecule has 242 valence electrons. The van der Waals surface area contributed by atoms with Gasteiger partial charge in [-0.25, -0.2) is 4.79 Å². The number of nitrogens with one attached hydrogen (secondary N) is 1. The largest absolute Gasteiger partial charge is 0.507 e. The van der Waals surface area contributed by atoms with Gasteiger partial charge in [-0.15, -0.1) is 0 Å². The molecule has 2 amide bonds. The zero-order chi connectivity index (χ0) is 33.0. The number of carbonyl (C=O) groups excluding carboxylic acids is 4. The van der Waals surface area contributed by atoms with Crippen LogP contribution in [0.5, 0.6) is 11.5 Å². The Morgan fingerprint density at radius 2 is 1.71 bits per heavy atom. The number of carbonyl (C=O) groups is 4. The summed E-state index contributed by atoms with van der Waals surface area (Å²) in [6.07, 6.45) is -12.6. The number of primary amides is 1. The van der Waals surface area contributed by atoms with Gasteiger partial charge in [-0.2, -0.15) is 13.2 Å². The number of phenolic OH excluding ortho intramolecular Hbond substituents is 2. The normalized spacial score (nSPS) is 27.6. The number of methoxy groups -OCH3 is 1. The topological polar surface area (TPSA) is 204 Å². The molecule has 6 atom stereocenters. The summed E-state index contributed by atoms with van der Waals surface area (Å²) in [6, 6.07) is 4.51. The van der Waals surface area contributed by atoms with Gasteiger partial charge in [0.25, 0.3) is 0 Å². The molecule has 3 aliphatic rings. The van der Waals surface area contributed by atoms with E-state index in [2.05, 4.69) is 0 Å². The van der Waals surface area contributed by atoms with Gasteiger partial charge in [-0.1, -0.05) is 24.3 Å². The van der Waals surface area contributed by atoms with Crippen molar-refractivity contribution < 1.29 is 66.6 Å². The number of ether oxygens (including phenoxy) is 4. The zero-order valence-electron chi connectivity index (χ0n) is 23.8. The fraction of sp³-hybridized carbons (Fsp3) is 0.448. The van der Waals surface area contributed by atoms with Crippen molar-refractivity contribution in [2.75, 3.05) is 13.7 Å². The quantitative estimate of drug-likeness (QED) is 0.247. The van der Waals surface area contributed by atoms with E-state index < -0.39 is 114 Å². The fourth-order valence-corrected chi connectivity index (χ4v) is 6.25. The highest BCUT2D eigenvalue weighted by atomic mass is 19.4. The van der Waals surface area contributed by atoms with Crippen LogP contribution in [0.2, 0.25) is 0 Å². The Morgan fingerprint density at radius 3 is 2.27 bits per heavy atom. The van der Waals surface area contributed by atoms with Crippen molar-refractivity contribution in [3.8, 4) is 11.5 Å². The van der Waals surface area contributed by atoms with E-state index in [1.54, 1.807) is 0 Å². The number of phenols is 2. The van der Waals surface area contributed by atoms with Gasteiger partial charge in [0.05, 0.1) is 29.4 Å². The summed E-state index contributed by atoms with van der Waals surface area (Å²) in [4.78, 5) is 50.1. The van der Waals surface area contributed by atoms with Crippen molar-refractivity contribution in [2.24, 2.45) is 5.73 Å². The lowest BCUT2D eigenvalue weighted by Crippen LogP contribution is -2.58. The number of aromatic hydroxyl groups is 2. The number of fused-ring (bicyclic) bond motifs is 3. The first-order chi connectivity index (χ1) is 21.1. The monoisotopic (exact) mass is 638 g/mol. The molecule has 2 aliphatic carbocycles. The van der Waals surface area contributed by atoms with Crippen LogP contribution in [0.1, 0.15) is 68.8 Å². The molecule has 0 aromatic heterocycles. The molecule has 2 aromatic rings. The minimum Gasteiger partial charge on any atom is -0.507 e. The summed E-state index contributed by atoms with van der Waals surface area (Å²) < 4.78 is 61.1. The van der Waals surface area contributed by atoms with Crippen LogP contribution in [0, 0.1) is 0 Å². The molecular formula is C29H29F3N2O11. The van der Waals surface area contributed by atoms with Crippen molar-refractivity contribution in [3.05, 3.63) is 57.6 Å². The molecule has 1 saturated heterocycles. The van der Waals surface area contributed by atoms with E-state index in [9.17, 15) is 47.7 Å². The Kier molecular flexibility index (Phi) is 8.28. The number of hydrogen-bond acceptors (Lipinski definition) is 11. The van der Waals surface area contributed by atoms with Crippen LogP contribution in [0.15, 0.2) is 24.3 Å². The van der Waals surface area contributed by atoms with Gasteiger partial charge in [0, 0.05) is 48.6 Å². The summed E-state index contributed by atoms with van der Waals surface area (Å²) in [5, 5.41) is 36.2. The molecule has 13 nitrogen and oxygen atoms in total. The second kappa shape index (κ2) is 11.6. The zero-order valence-corrected chi connectivity index (χ0v) is 23.8. The van der Waals surface area contributed by atoms with Gasteiger partial charge >= 0.3 is 18.2 Å². The second-order valence-electron chi connectivity index (χ2n) is 11.2. The van der Waals surface area contributed by atoms with Crippen LogP contribution in [0.25, 0.3) is 0 Å². The minimum atomic E-state index is -5.19. The minimum absolute atomic E-state index is 0.0233. The maximum atomic E-state index is 13.5. The molecule has 1 heterocycles. The molecule has 1 fully saturated rings. The number of benzene rings is 2. The van der Waals surface area contributed by atoms with E-state index in [1.807, 2.05) is 5.32 Å². The average Bonchev–Trinajstić information content (AvgIpc) is 2.96. The van der Waals surface area contributed by atoms with Crippen molar-refractivity contribution in [1.29, 1.82) is 0 Å². The van der Waals surface area contributed by atoms with Gasteiger partial charge < -0.3 is 45.3 Å². The third-order valence-electron chi connectivity index (χ3n) is 8.17. The van der Waals surface area contributed by atoms with E-state index in [-0.39, 0.29) is 22.3 Å². The highest BCUT2D eigenvalue weighted by Crippen LogP contribution is 2.52. The standard InChI is InChI=1S/C29H29F3N2O11/c1-11-25(42-2)15(34-26(39)29(30,31)32)7-17(44-11)45-16-9-28(41,10-43-27(33)40)8-14-18(16)24(38)20-19(23(14)37)21(35)12-5-3-4-6-13(12)22(20)36/h3-6,11,15-17,25,37-38,41H,7-10H2,1-2H3,(H2,33,40)(H,34,39)/t11-,15+,16+,17+,25+,28?/m1/s1. The van der Waals surface area contributed by atoms with Crippen molar-refractivity contribution in [1.82, 2.24) is 5.32 Å². The lowest BCUT2D eigenvalue weighted by atomic mass is 9.73. The third-order valence-corrected chi connectivity index (χ3v) is 8.17. The molecular weight excluding hydrogens is 609 g/mol. The summed E-state index contributed by atoms with van der Waals surface area (Å²) >= 11 is 0. The molecule has 0 saturated carbocycles. The van der Waals surface area contributed by atoms with E-state index in [0.29, 0.717) is 0 Å². The van der Waals surface area contributed by atoms with Crippen LogP contribution in [-0.4, -0.2) is 88.9 Å². The van der Waals surface area contributed by atoms with Crippen molar-refractivity contribution in [3.63, 3.8) is 0 Å². The number of alkyl halides is 3. The fourth-order valence-electron chi connectivity index (χ4n) is 6.25. The number of hydrogen-bond donors (Lipinski definition) is 5. The first-order valence-electron chi connectivity index (χ1n) is 13.7. The first kappa shape index (κ1) is 32.2. The number of aliphatic hydroxyl groups is 1. The van der Waals surface area contributed by atoms with Gasteiger partial charge in [-0.05, 0) is 6.92 Å². The van der Waals surface area contributed by atoms with Crippen molar-refractivity contribution in [2.45, 2.75) is 68.6 Å². The Bertz CT molecular complexity index is 1580. The smallest absolute Gasteiger partial charge is 0.471 e. The molecule has 1 aliphatic heterocycles. The van der Waals surface area contributed by atoms with E-state index >= 15 is 0 Å². The van der Waals surface area contributed by atoms with Crippen LogP contribution < -0.4 is 11.1 Å². The predicted molar refractivity (Wildman–Crippen MR) is 143 cm³/mol. The Labute approximate surface area is 253 Å². The van der Waals surface area contributed by atoms with Gasteiger partial charge in [-0.3, -0.25) is 14.4 Å². The van der Waals surface area contributed by atoms with Crippen LogP contribution >= 0.6 is 0 Å². The molecule has 2 aromatic carbocycles. The number of amides is 2. The van der Waals surface area contributed by atoms with Gasteiger partial charge in [0.1, 0.15) is 29.8 Å². The number of ketones is 2. The van der Waals surface area contributed by atoms with Gasteiger partial charge in [0.15, 0.2) is 17.9 Å². The second-order valence-corrected chi connectivity index (χ2v) is 11.2. The van der Waals surface area contributed by atoms with Crippen LogP contribution in [0.3, 0.4) is 0 Å². The molecule has 6 N–H and O–H groups in total. The molecule has 0 bridgehead atoms. The molecule has 5 rings (SSSR count). The van der Waals surface area contributed by atoms with Crippen molar-refractivity contribution >= 4 is 23.6 Å². The van der Waals surface area contributed by atoms with Crippen LogP contribution in [-0.2, 0) is 30.2 Å². The Morgan fingerprint density at radius 1 is 1.11 bits per heavy atom. The highest BCUT2D eigenvalue weighted by Gasteiger charge is 2.49. The molecule has 0 radical (unpaired) electrons. The molecule has 45 heavy (non-hydrogen) atoms. The highest BCUT2D eigenvalue weighted by molar-refractivity contribution is 6.30. The number of rotatable bonds is 6. The maximum Gasteiger partial charge on any atom is 0.471 e. The SMILES string of the molecule is CO[C@@H]1[C@@H](NC(=O)C(F)(F)F)C[C@H](O[C@H]2CC(O)(COC(N)=O)Cc3c(O)c4c(c(O)c32)C(=O)c2ccccc2C4=O)O[C@@H]1C. The van der Waals surface area contributed by atoms with E-state index in [1.165, 1.54) is 38.3 Å². The lowest BCUT2D eigenvalue weighted by molar-refractivity contribution is -0.255. The molecule has 1 unspecified atom stereocenters. The number of halogens is 3. The van der Waals surface area contributed by atoms with E-state index in [4.69, 9.17) is 24.7 Å². The predicted octanol–water partition coefficient (Wildman–Crippen LogP) is 1.90. The van der Waals surface area contributed by atoms with Gasteiger partial charge in [0.2, 0.25) is 0 Å². The first-order valence-corrected chi connectivity index (χ1v) is 13.7. The third kappa shape index (κ3) is 5.81. The van der Waals surface area contributed by atoms with Crippen LogP contribution in [0.4, 0.5) is 18.0 Å². The Hall–Kier alpha value is -4.25. The summed E-state index contributed by atoms with van der Waals surface area (Å²) in [5.41, 5.74) is 1.60. The summed E-state index contributed by atoms with van der Waals surface area (Å²) in [5.74, 6) is -5.22. The molecule has 0 spiro atoms. The van der Waals surface area contributed by atoms with E-state index in [0.717, 1.165) is 0 Å². The summed E-state index contributed by atoms with van der Waals surface area (Å²) in [7, 11) is 1.22. The Balaban J connectivity index is 1.57. The maximum absolute atomic E-state index is 13.5. The average molecular weight is 639 g/mol. The summed E-state index contributed by atoms with van der Waals surface area (Å²) in [6.45, 7) is 0.746. The lowest BCUT2D eigenvalue weighted by Gasteiger charge is -2.43.